The Labute approximate surface area is 98.7 Å². The summed E-state index contributed by atoms with van der Waals surface area (Å²) in [4.78, 5) is 15.6. The Morgan fingerprint density at radius 1 is 1.53 bits per heavy atom. The summed E-state index contributed by atoms with van der Waals surface area (Å²) >= 11 is 0. The van der Waals surface area contributed by atoms with Gasteiger partial charge in [0.15, 0.2) is 0 Å². The number of rotatable bonds is 1. The second kappa shape index (κ2) is 3.73. The van der Waals surface area contributed by atoms with Crippen molar-refractivity contribution < 1.29 is 9.90 Å². The zero-order valence-corrected chi connectivity index (χ0v) is 9.18. The summed E-state index contributed by atoms with van der Waals surface area (Å²) in [5, 5.41) is 12.4. The Balaban J connectivity index is 2.19. The van der Waals surface area contributed by atoms with Crippen molar-refractivity contribution in [2.45, 2.75) is 6.42 Å². The van der Waals surface area contributed by atoms with Gasteiger partial charge in [0.1, 0.15) is 5.92 Å². The average molecular weight is 228 g/mol. The molecule has 2 N–H and O–H groups in total. The van der Waals surface area contributed by atoms with Gasteiger partial charge in [0.05, 0.1) is 5.69 Å². The number of aliphatic carboxylic acids is 1. The van der Waals surface area contributed by atoms with Crippen LogP contribution in [0.5, 0.6) is 0 Å². The fourth-order valence-electron chi connectivity index (χ4n) is 2.41. The lowest BCUT2D eigenvalue weighted by atomic mass is 9.95. The molecule has 4 nitrogen and oxygen atoms in total. The Kier molecular flexibility index (Phi) is 2.21. The van der Waals surface area contributed by atoms with E-state index in [-0.39, 0.29) is 0 Å². The van der Waals surface area contributed by atoms with Crippen LogP contribution in [0.3, 0.4) is 0 Å². The van der Waals surface area contributed by atoms with E-state index in [2.05, 4.69) is 10.3 Å². The standard InChI is InChI=1S/C13H12N2O2/c16-13(17)9-7-15-10-5-1-3-8-4-2-6-14-12(8)11(9)10/h1-4,6,9,15H,5,7H2,(H,16,17). The summed E-state index contributed by atoms with van der Waals surface area (Å²) in [5.74, 6) is -1.28. The molecule has 17 heavy (non-hydrogen) atoms. The lowest BCUT2D eigenvalue weighted by Gasteiger charge is -2.10. The normalized spacial score (nSPS) is 21.5. The van der Waals surface area contributed by atoms with Gasteiger partial charge in [0.2, 0.25) is 0 Å². The van der Waals surface area contributed by atoms with Crippen LogP contribution in [0.25, 0.3) is 11.6 Å². The minimum Gasteiger partial charge on any atom is -0.481 e. The van der Waals surface area contributed by atoms with E-state index < -0.39 is 11.9 Å². The van der Waals surface area contributed by atoms with Crippen LogP contribution in [0.1, 0.15) is 17.7 Å². The molecule has 3 rings (SSSR count). The van der Waals surface area contributed by atoms with Crippen LogP contribution in [0, 0.1) is 5.92 Å². The number of allylic oxidation sites excluding steroid dienone is 1. The van der Waals surface area contributed by atoms with E-state index >= 15 is 0 Å². The highest BCUT2D eigenvalue weighted by Gasteiger charge is 2.33. The maximum atomic E-state index is 11.3. The Morgan fingerprint density at radius 3 is 3.24 bits per heavy atom. The van der Waals surface area contributed by atoms with Crippen molar-refractivity contribution in [1.82, 2.24) is 10.3 Å². The van der Waals surface area contributed by atoms with Gasteiger partial charge in [-0.2, -0.15) is 0 Å². The quantitative estimate of drug-likeness (QED) is 0.765. The summed E-state index contributed by atoms with van der Waals surface area (Å²) in [7, 11) is 0. The van der Waals surface area contributed by atoms with Crippen molar-refractivity contribution >= 4 is 17.6 Å². The number of carboxylic acids is 1. The van der Waals surface area contributed by atoms with Crippen molar-refractivity contribution in [1.29, 1.82) is 0 Å². The van der Waals surface area contributed by atoms with Crippen molar-refractivity contribution in [2.24, 2.45) is 5.92 Å². The molecule has 1 aliphatic carbocycles. The number of aromatic nitrogens is 1. The molecule has 1 atom stereocenters. The number of nitrogens with zero attached hydrogens (tertiary/aromatic N) is 1. The summed E-state index contributed by atoms with van der Waals surface area (Å²) in [5.41, 5.74) is 3.63. The van der Waals surface area contributed by atoms with E-state index in [9.17, 15) is 9.90 Å². The molecule has 0 saturated carbocycles. The van der Waals surface area contributed by atoms with E-state index in [0.717, 1.165) is 28.9 Å². The minimum absolute atomic E-state index is 0.462. The zero-order chi connectivity index (χ0) is 11.8. The third kappa shape index (κ3) is 1.53. The maximum Gasteiger partial charge on any atom is 0.312 e. The molecule has 1 aromatic heterocycles. The number of nitrogens with one attached hydrogen (secondary N) is 1. The topological polar surface area (TPSA) is 62.2 Å². The first-order valence-corrected chi connectivity index (χ1v) is 5.59. The predicted molar refractivity (Wildman–Crippen MR) is 63.9 cm³/mol. The Bertz CT molecular complexity index is 546. The highest BCUT2D eigenvalue weighted by molar-refractivity contribution is 5.92. The highest BCUT2D eigenvalue weighted by Crippen LogP contribution is 2.35. The van der Waals surface area contributed by atoms with Gasteiger partial charge in [0.25, 0.3) is 0 Å². The van der Waals surface area contributed by atoms with Gasteiger partial charge in [-0.05, 0) is 6.07 Å². The lowest BCUT2D eigenvalue weighted by molar-refractivity contribution is -0.139. The molecule has 0 fully saturated rings. The summed E-state index contributed by atoms with van der Waals surface area (Å²) in [6, 6.07) is 3.83. The van der Waals surface area contributed by atoms with Gasteiger partial charge in [0, 0.05) is 36.0 Å². The monoisotopic (exact) mass is 228 g/mol. The second-order valence-electron chi connectivity index (χ2n) is 4.21. The molecule has 1 unspecified atom stereocenters. The fourth-order valence-corrected chi connectivity index (χ4v) is 2.41. The molecule has 0 radical (unpaired) electrons. The van der Waals surface area contributed by atoms with Crippen LogP contribution in [0.4, 0.5) is 0 Å². The molecule has 0 saturated heterocycles. The number of hydrogen-bond donors (Lipinski definition) is 2. The zero-order valence-electron chi connectivity index (χ0n) is 9.18. The molecule has 0 amide bonds. The second-order valence-corrected chi connectivity index (χ2v) is 4.21. The van der Waals surface area contributed by atoms with Crippen LogP contribution in [0.2, 0.25) is 0 Å². The lowest BCUT2D eigenvalue weighted by Crippen LogP contribution is -2.20. The largest absolute Gasteiger partial charge is 0.481 e. The van der Waals surface area contributed by atoms with Gasteiger partial charge in [-0.25, -0.2) is 0 Å². The summed E-state index contributed by atoms with van der Waals surface area (Å²) in [6.45, 7) is 0.462. The fraction of sp³-hybridized carbons (Fsp3) is 0.231. The predicted octanol–water partition coefficient (Wildman–Crippen LogP) is 1.51. The van der Waals surface area contributed by atoms with E-state index in [1.165, 1.54) is 0 Å². The van der Waals surface area contributed by atoms with Crippen LogP contribution in [0.15, 0.2) is 30.1 Å². The number of fused-ring (bicyclic) bond motifs is 2. The smallest absolute Gasteiger partial charge is 0.312 e. The molecule has 1 aromatic rings. The van der Waals surface area contributed by atoms with Gasteiger partial charge in [-0.15, -0.1) is 0 Å². The average Bonchev–Trinajstić information content (AvgIpc) is 2.66. The van der Waals surface area contributed by atoms with Gasteiger partial charge >= 0.3 is 5.97 Å². The van der Waals surface area contributed by atoms with Crippen LogP contribution in [-0.4, -0.2) is 22.6 Å². The Hall–Kier alpha value is -2.10. The summed E-state index contributed by atoms with van der Waals surface area (Å²) in [6.07, 6.45) is 6.50. The maximum absolute atomic E-state index is 11.3. The molecule has 0 aromatic carbocycles. The van der Waals surface area contributed by atoms with Crippen molar-refractivity contribution in [3.05, 3.63) is 41.4 Å². The molecule has 1 aliphatic heterocycles. The molecular formula is C13H12N2O2. The minimum atomic E-state index is -0.791. The number of hydrogen-bond acceptors (Lipinski definition) is 3. The van der Waals surface area contributed by atoms with E-state index in [0.29, 0.717) is 6.54 Å². The van der Waals surface area contributed by atoms with Crippen molar-refractivity contribution in [2.75, 3.05) is 6.54 Å². The highest BCUT2D eigenvalue weighted by atomic mass is 16.4. The first-order valence-electron chi connectivity index (χ1n) is 5.59. The molecule has 0 bridgehead atoms. The van der Waals surface area contributed by atoms with E-state index in [1.54, 1.807) is 6.20 Å². The number of carboxylic acid groups (broad SMARTS) is 1. The van der Waals surface area contributed by atoms with Gasteiger partial charge in [-0.3, -0.25) is 9.78 Å². The molecule has 0 spiro atoms. The number of pyridine rings is 1. The van der Waals surface area contributed by atoms with Crippen LogP contribution < -0.4 is 5.32 Å². The third-order valence-corrected chi connectivity index (χ3v) is 3.20. The summed E-state index contributed by atoms with van der Waals surface area (Å²) < 4.78 is 0. The SMILES string of the molecule is O=C(O)C1CNC2=C1c1ncccc1C=CC2. The van der Waals surface area contributed by atoms with Crippen LogP contribution >= 0.6 is 0 Å². The van der Waals surface area contributed by atoms with Gasteiger partial charge in [-0.1, -0.05) is 18.2 Å². The van der Waals surface area contributed by atoms with Gasteiger partial charge < -0.3 is 10.4 Å². The molecule has 4 heteroatoms. The molecule has 2 aliphatic rings. The van der Waals surface area contributed by atoms with E-state index in [1.807, 2.05) is 24.3 Å². The van der Waals surface area contributed by atoms with E-state index in [4.69, 9.17) is 0 Å². The van der Waals surface area contributed by atoms with Crippen molar-refractivity contribution in [3.8, 4) is 0 Å². The van der Waals surface area contributed by atoms with Crippen molar-refractivity contribution in [3.63, 3.8) is 0 Å². The molecular weight excluding hydrogens is 216 g/mol. The molecule has 86 valence electrons. The first kappa shape index (κ1) is 10.1. The first-order chi connectivity index (χ1) is 8.27. The van der Waals surface area contributed by atoms with Crippen LogP contribution in [-0.2, 0) is 4.79 Å². The third-order valence-electron chi connectivity index (χ3n) is 3.20. The number of carbonyl (C=O) groups is 1. The molecule has 2 heterocycles. The Morgan fingerprint density at radius 2 is 2.41 bits per heavy atom.